The molecule has 0 radical (unpaired) electrons. The van der Waals surface area contributed by atoms with Gasteiger partial charge in [-0.25, -0.2) is 4.79 Å². The van der Waals surface area contributed by atoms with E-state index in [1.807, 2.05) is 19.1 Å². The van der Waals surface area contributed by atoms with Gasteiger partial charge >= 0.3 is 6.09 Å². The quantitative estimate of drug-likeness (QED) is 0.803. The van der Waals surface area contributed by atoms with Crippen LogP contribution in [0.4, 0.5) is 4.79 Å². The van der Waals surface area contributed by atoms with Crippen LogP contribution in [0.3, 0.4) is 0 Å². The van der Waals surface area contributed by atoms with Crippen molar-refractivity contribution in [1.29, 1.82) is 0 Å². The molecule has 1 fully saturated rings. The van der Waals surface area contributed by atoms with Gasteiger partial charge in [0.15, 0.2) is 0 Å². The molecule has 0 bridgehead atoms. The van der Waals surface area contributed by atoms with Crippen molar-refractivity contribution in [2.75, 3.05) is 19.7 Å². The first-order chi connectivity index (χ1) is 9.61. The first-order valence-corrected chi connectivity index (χ1v) is 7.21. The highest BCUT2D eigenvalue weighted by atomic mass is 35.5. The molecule has 1 heterocycles. The fraction of sp³-hybridized carbons (Fsp3) is 0.467. The van der Waals surface area contributed by atoms with Crippen LogP contribution < -0.4 is 0 Å². The maximum atomic E-state index is 11.6. The van der Waals surface area contributed by atoms with Crippen LogP contribution >= 0.6 is 11.6 Å². The van der Waals surface area contributed by atoms with Gasteiger partial charge in [-0.15, -0.1) is 0 Å². The third-order valence-electron chi connectivity index (χ3n) is 3.63. The van der Waals surface area contributed by atoms with Crippen molar-refractivity contribution >= 4 is 22.9 Å². The molecule has 20 heavy (non-hydrogen) atoms. The largest absolute Gasteiger partial charge is 0.450 e. The number of nitrogens with zero attached hydrogens (tertiary/aromatic N) is 1. The Hall–Kier alpha value is -1.55. The second kappa shape index (κ2) is 6.75. The maximum absolute atomic E-state index is 11.6. The fourth-order valence-electron chi connectivity index (χ4n) is 2.50. The van der Waals surface area contributed by atoms with Gasteiger partial charge in [-0.05, 0) is 55.0 Å². The van der Waals surface area contributed by atoms with E-state index in [9.17, 15) is 9.59 Å². The lowest BCUT2D eigenvalue weighted by Crippen LogP contribution is -2.38. The van der Waals surface area contributed by atoms with E-state index in [1.165, 1.54) is 5.56 Å². The highest BCUT2D eigenvalue weighted by Crippen LogP contribution is 2.28. The number of halogens is 1. The molecule has 0 aromatic heterocycles. The van der Waals surface area contributed by atoms with Gasteiger partial charge in [0.1, 0.15) is 0 Å². The van der Waals surface area contributed by atoms with Crippen LogP contribution in [0.1, 0.15) is 41.6 Å². The van der Waals surface area contributed by atoms with Crippen LogP contribution in [0.15, 0.2) is 24.3 Å². The summed E-state index contributed by atoms with van der Waals surface area (Å²) in [7, 11) is 0. The van der Waals surface area contributed by atoms with Crippen molar-refractivity contribution in [3.63, 3.8) is 0 Å². The van der Waals surface area contributed by atoms with Crippen molar-refractivity contribution in [2.24, 2.45) is 0 Å². The summed E-state index contributed by atoms with van der Waals surface area (Å²) in [5.41, 5.74) is 1.70. The molecule has 0 saturated carbocycles. The average molecular weight is 296 g/mol. The predicted octanol–water partition coefficient (Wildman–Crippen LogP) is 3.40. The van der Waals surface area contributed by atoms with Gasteiger partial charge in [-0.3, -0.25) is 4.79 Å². The molecular formula is C15H18ClNO3. The molecule has 1 amide bonds. The van der Waals surface area contributed by atoms with Gasteiger partial charge in [0.2, 0.25) is 0 Å². The Kier molecular flexibility index (Phi) is 5.01. The predicted molar refractivity (Wildman–Crippen MR) is 77.2 cm³/mol. The number of rotatable bonds is 3. The number of hydrogen-bond acceptors (Lipinski definition) is 3. The van der Waals surface area contributed by atoms with Crippen LogP contribution in [0.2, 0.25) is 0 Å². The summed E-state index contributed by atoms with van der Waals surface area (Å²) < 4.78 is 5.00. The third-order valence-corrected chi connectivity index (χ3v) is 3.85. The molecule has 1 aromatic rings. The van der Waals surface area contributed by atoms with E-state index in [-0.39, 0.29) is 6.09 Å². The van der Waals surface area contributed by atoms with Crippen LogP contribution in [0.25, 0.3) is 0 Å². The van der Waals surface area contributed by atoms with Crippen LogP contribution in [-0.2, 0) is 4.74 Å². The lowest BCUT2D eigenvalue weighted by atomic mass is 9.89. The maximum Gasteiger partial charge on any atom is 0.409 e. The van der Waals surface area contributed by atoms with E-state index in [0.29, 0.717) is 31.2 Å². The number of carbonyl (C=O) groups excluding carboxylic acids is 2. The van der Waals surface area contributed by atoms with E-state index in [1.54, 1.807) is 17.0 Å². The minimum Gasteiger partial charge on any atom is -0.450 e. The Morgan fingerprint density at radius 2 is 1.85 bits per heavy atom. The zero-order valence-electron chi connectivity index (χ0n) is 11.5. The summed E-state index contributed by atoms with van der Waals surface area (Å²) in [5.74, 6) is 0.417. The molecule has 5 heteroatoms. The van der Waals surface area contributed by atoms with Gasteiger partial charge in [-0.1, -0.05) is 12.1 Å². The Morgan fingerprint density at radius 1 is 1.25 bits per heavy atom. The van der Waals surface area contributed by atoms with Crippen molar-refractivity contribution in [3.8, 4) is 0 Å². The van der Waals surface area contributed by atoms with Crippen LogP contribution in [0, 0.1) is 0 Å². The number of hydrogen-bond donors (Lipinski definition) is 0. The highest BCUT2D eigenvalue weighted by Gasteiger charge is 2.24. The van der Waals surface area contributed by atoms with E-state index >= 15 is 0 Å². The van der Waals surface area contributed by atoms with Crippen molar-refractivity contribution in [3.05, 3.63) is 35.4 Å². The Labute approximate surface area is 123 Å². The molecule has 1 aliphatic rings. The first kappa shape index (κ1) is 14.9. The lowest BCUT2D eigenvalue weighted by Gasteiger charge is -2.31. The molecule has 108 valence electrons. The second-order valence-electron chi connectivity index (χ2n) is 4.86. The minimum absolute atomic E-state index is 0.228. The fourth-order valence-corrected chi connectivity index (χ4v) is 2.62. The van der Waals surface area contributed by atoms with Gasteiger partial charge in [0.05, 0.1) is 6.61 Å². The topological polar surface area (TPSA) is 46.6 Å². The highest BCUT2D eigenvalue weighted by molar-refractivity contribution is 6.67. The Balaban J connectivity index is 1.93. The molecule has 1 saturated heterocycles. The molecule has 0 unspecified atom stereocenters. The third kappa shape index (κ3) is 3.51. The van der Waals surface area contributed by atoms with E-state index in [2.05, 4.69) is 0 Å². The van der Waals surface area contributed by atoms with Crippen LogP contribution in [0.5, 0.6) is 0 Å². The average Bonchev–Trinajstić information content (AvgIpc) is 2.48. The molecule has 4 nitrogen and oxygen atoms in total. The zero-order chi connectivity index (χ0) is 14.5. The lowest BCUT2D eigenvalue weighted by molar-refractivity contribution is 0.0970. The van der Waals surface area contributed by atoms with E-state index in [0.717, 1.165) is 12.8 Å². The number of carbonyl (C=O) groups is 2. The molecular weight excluding hydrogens is 278 g/mol. The van der Waals surface area contributed by atoms with Gasteiger partial charge in [-0.2, -0.15) is 0 Å². The summed E-state index contributed by atoms with van der Waals surface area (Å²) in [6, 6.07) is 7.39. The smallest absolute Gasteiger partial charge is 0.409 e. The Morgan fingerprint density at radius 3 is 2.35 bits per heavy atom. The first-order valence-electron chi connectivity index (χ1n) is 6.83. The standard InChI is InChI=1S/C15H18ClNO3/c1-2-20-15(19)17-9-7-12(8-10-17)11-3-5-13(6-4-11)14(16)18/h3-6,12H,2,7-10H2,1H3. The van der Waals surface area contributed by atoms with E-state index < -0.39 is 5.24 Å². The summed E-state index contributed by atoms with van der Waals surface area (Å²) in [6.07, 6.45) is 1.59. The van der Waals surface area contributed by atoms with Gasteiger partial charge in [0.25, 0.3) is 5.24 Å². The zero-order valence-corrected chi connectivity index (χ0v) is 12.2. The molecule has 1 aromatic carbocycles. The summed E-state index contributed by atoms with van der Waals surface area (Å²) in [6.45, 7) is 3.64. The molecule has 2 rings (SSSR count). The number of amides is 1. The Bertz CT molecular complexity index is 478. The number of ether oxygens (including phenoxy) is 1. The second-order valence-corrected chi connectivity index (χ2v) is 5.20. The summed E-state index contributed by atoms with van der Waals surface area (Å²) in [5, 5.41) is -0.436. The molecule has 0 N–H and O–H groups in total. The van der Waals surface area contributed by atoms with Crippen molar-refractivity contribution in [2.45, 2.75) is 25.7 Å². The summed E-state index contributed by atoms with van der Waals surface area (Å²) >= 11 is 5.43. The van der Waals surface area contributed by atoms with Crippen molar-refractivity contribution < 1.29 is 14.3 Å². The summed E-state index contributed by atoms with van der Waals surface area (Å²) in [4.78, 5) is 24.4. The number of likely N-dealkylation sites (tertiary alicyclic amines) is 1. The monoisotopic (exact) mass is 295 g/mol. The number of benzene rings is 1. The van der Waals surface area contributed by atoms with Gasteiger partial charge in [0, 0.05) is 18.7 Å². The van der Waals surface area contributed by atoms with Crippen LogP contribution in [-0.4, -0.2) is 35.9 Å². The van der Waals surface area contributed by atoms with E-state index in [4.69, 9.17) is 16.3 Å². The SMILES string of the molecule is CCOC(=O)N1CCC(c2ccc(C(=O)Cl)cc2)CC1. The minimum atomic E-state index is -0.436. The van der Waals surface area contributed by atoms with Gasteiger partial charge < -0.3 is 9.64 Å². The molecule has 0 atom stereocenters. The normalized spacial score (nSPS) is 16.0. The van der Waals surface area contributed by atoms with Crippen molar-refractivity contribution in [1.82, 2.24) is 4.90 Å². The molecule has 1 aliphatic heterocycles. The molecule has 0 aliphatic carbocycles. The molecule has 0 spiro atoms. The number of piperidine rings is 1.